The largest absolute Gasteiger partial charge is 0.313 e. The molecule has 0 aromatic heterocycles. The van der Waals surface area contributed by atoms with Crippen LogP contribution in [0.15, 0.2) is 30.3 Å². The van der Waals surface area contributed by atoms with Crippen molar-refractivity contribution < 1.29 is 0 Å². The molecule has 1 aliphatic heterocycles. The van der Waals surface area contributed by atoms with E-state index in [2.05, 4.69) is 54.4 Å². The summed E-state index contributed by atoms with van der Waals surface area (Å²) in [4.78, 5) is 2.72. The third-order valence-corrected chi connectivity index (χ3v) is 4.52. The number of piperidine rings is 1. The minimum Gasteiger partial charge on any atom is -0.313 e. The van der Waals surface area contributed by atoms with Crippen molar-refractivity contribution in [3.63, 3.8) is 0 Å². The normalized spacial score (nSPS) is 21.8. The molecule has 2 heteroatoms. The van der Waals surface area contributed by atoms with Crippen LogP contribution < -0.4 is 5.32 Å². The number of aryl methyl sites for hydroxylation is 1. The summed E-state index contributed by atoms with van der Waals surface area (Å²) in [7, 11) is 0. The highest BCUT2D eigenvalue weighted by Gasteiger charge is 2.26. The van der Waals surface area contributed by atoms with E-state index in [4.69, 9.17) is 0 Å². The second-order valence-electron chi connectivity index (χ2n) is 6.03. The molecule has 0 amide bonds. The second kappa shape index (κ2) is 8.43. The molecule has 0 saturated carbocycles. The fraction of sp³-hybridized carbons (Fsp3) is 0.667. The number of hydrogen-bond acceptors (Lipinski definition) is 2. The molecule has 0 aliphatic carbocycles. The van der Waals surface area contributed by atoms with Gasteiger partial charge in [0.15, 0.2) is 0 Å². The van der Waals surface area contributed by atoms with E-state index in [-0.39, 0.29) is 0 Å². The molecule has 1 N–H and O–H groups in total. The predicted octanol–water partition coefficient (Wildman–Crippen LogP) is 3.47. The van der Waals surface area contributed by atoms with Gasteiger partial charge in [-0.3, -0.25) is 4.90 Å². The zero-order chi connectivity index (χ0) is 14.2. The number of nitrogens with one attached hydrogen (secondary N) is 1. The molecule has 0 spiro atoms. The summed E-state index contributed by atoms with van der Waals surface area (Å²) in [5.41, 5.74) is 1.47. The summed E-state index contributed by atoms with van der Waals surface area (Å²) >= 11 is 0. The lowest BCUT2D eigenvalue weighted by Gasteiger charge is -2.39. The molecule has 1 saturated heterocycles. The first-order valence-corrected chi connectivity index (χ1v) is 8.32. The first kappa shape index (κ1) is 15.5. The van der Waals surface area contributed by atoms with Crippen molar-refractivity contribution in [2.24, 2.45) is 0 Å². The molecule has 2 rings (SSSR count). The predicted molar refractivity (Wildman–Crippen MR) is 87.1 cm³/mol. The molecule has 2 unspecified atom stereocenters. The summed E-state index contributed by atoms with van der Waals surface area (Å²) in [5.74, 6) is 0. The van der Waals surface area contributed by atoms with Crippen LogP contribution in [0, 0.1) is 0 Å². The highest BCUT2D eigenvalue weighted by molar-refractivity contribution is 5.14. The van der Waals surface area contributed by atoms with E-state index in [1.807, 2.05) is 0 Å². The summed E-state index contributed by atoms with van der Waals surface area (Å²) < 4.78 is 0. The Morgan fingerprint density at radius 1 is 1.25 bits per heavy atom. The smallest absolute Gasteiger partial charge is 0.0246 e. The quantitative estimate of drug-likeness (QED) is 0.819. The van der Waals surface area contributed by atoms with Gasteiger partial charge in [-0.1, -0.05) is 43.7 Å². The van der Waals surface area contributed by atoms with Gasteiger partial charge in [-0.2, -0.15) is 0 Å². The van der Waals surface area contributed by atoms with Crippen molar-refractivity contribution in [2.45, 2.75) is 58.0 Å². The van der Waals surface area contributed by atoms with E-state index in [1.165, 1.54) is 50.8 Å². The minimum atomic E-state index is 0.622. The lowest BCUT2D eigenvalue weighted by Crippen LogP contribution is -2.51. The average molecular weight is 274 g/mol. The fourth-order valence-electron chi connectivity index (χ4n) is 3.45. The van der Waals surface area contributed by atoms with Gasteiger partial charge in [0.05, 0.1) is 0 Å². The van der Waals surface area contributed by atoms with Gasteiger partial charge in [0.25, 0.3) is 0 Å². The minimum absolute atomic E-state index is 0.622. The number of rotatable bonds is 7. The van der Waals surface area contributed by atoms with E-state index < -0.39 is 0 Å². The Balaban J connectivity index is 1.79. The van der Waals surface area contributed by atoms with Gasteiger partial charge in [0.1, 0.15) is 0 Å². The molecule has 2 atom stereocenters. The van der Waals surface area contributed by atoms with Gasteiger partial charge in [0, 0.05) is 12.1 Å². The molecule has 1 aromatic rings. The maximum atomic E-state index is 3.61. The molecule has 1 fully saturated rings. The van der Waals surface area contributed by atoms with Crippen LogP contribution in [-0.2, 0) is 6.42 Å². The number of benzene rings is 1. The van der Waals surface area contributed by atoms with E-state index in [0.717, 1.165) is 12.6 Å². The van der Waals surface area contributed by atoms with Gasteiger partial charge in [-0.25, -0.2) is 0 Å². The topological polar surface area (TPSA) is 15.3 Å². The number of nitrogens with zero attached hydrogens (tertiary/aromatic N) is 1. The molecular weight excluding hydrogens is 244 g/mol. The SMILES string of the molecule is CCNC(C)C1CCCCN1CCCc1ccccc1. The summed E-state index contributed by atoms with van der Waals surface area (Å²) in [6.45, 7) is 8.17. The summed E-state index contributed by atoms with van der Waals surface area (Å²) in [5, 5.41) is 3.61. The van der Waals surface area contributed by atoms with Crippen molar-refractivity contribution >= 4 is 0 Å². The first-order valence-electron chi connectivity index (χ1n) is 8.32. The Kier molecular flexibility index (Phi) is 6.55. The van der Waals surface area contributed by atoms with Crippen molar-refractivity contribution in [3.8, 4) is 0 Å². The highest BCUT2D eigenvalue weighted by atomic mass is 15.2. The van der Waals surface area contributed by atoms with E-state index in [0.29, 0.717) is 6.04 Å². The van der Waals surface area contributed by atoms with Crippen LogP contribution in [0.2, 0.25) is 0 Å². The molecule has 112 valence electrons. The van der Waals surface area contributed by atoms with Crippen molar-refractivity contribution in [1.82, 2.24) is 10.2 Å². The second-order valence-corrected chi connectivity index (χ2v) is 6.03. The van der Waals surface area contributed by atoms with Crippen LogP contribution in [0.4, 0.5) is 0 Å². The van der Waals surface area contributed by atoms with Gasteiger partial charge >= 0.3 is 0 Å². The standard InChI is InChI=1S/C18H30N2/c1-3-19-16(2)18-13-7-8-14-20(18)15-9-12-17-10-5-4-6-11-17/h4-6,10-11,16,18-19H,3,7-9,12-15H2,1-2H3. The lowest BCUT2D eigenvalue weighted by molar-refractivity contribution is 0.118. The van der Waals surface area contributed by atoms with Crippen molar-refractivity contribution in [3.05, 3.63) is 35.9 Å². The number of likely N-dealkylation sites (tertiary alicyclic amines) is 1. The zero-order valence-corrected chi connectivity index (χ0v) is 13.1. The molecule has 2 nitrogen and oxygen atoms in total. The molecular formula is C18H30N2. The van der Waals surface area contributed by atoms with Crippen LogP contribution in [0.1, 0.15) is 45.1 Å². The zero-order valence-electron chi connectivity index (χ0n) is 13.1. The van der Waals surface area contributed by atoms with Crippen LogP contribution in [0.5, 0.6) is 0 Å². The molecule has 20 heavy (non-hydrogen) atoms. The van der Waals surface area contributed by atoms with Gasteiger partial charge in [-0.15, -0.1) is 0 Å². The number of hydrogen-bond donors (Lipinski definition) is 1. The van der Waals surface area contributed by atoms with Gasteiger partial charge < -0.3 is 5.32 Å². The third kappa shape index (κ3) is 4.60. The van der Waals surface area contributed by atoms with Crippen LogP contribution >= 0.6 is 0 Å². The molecule has 1 aliphatic rings. The van der Waals surface area contributed by atoms with E-state index >= 15 is 0 Å². The molecule has 0 radical (unpaired) electrons. The Labute approximate surface area is 124 Å². The Hall–Kier alpha value is -0.860. The van der Waals surface area contributed by atoms with Gasteiger partial charge in [-0.05, 0) is 57.8 Å². The number of likely N-dealkylation sites (N-methyl/N-ethyl adjacent to an activating group) is 1. The monoisotopic (exact) mass is 274 g/mol. The third-order valence-electron chi connectivity index (χ3n) is 4.52. The molecule has 1 aromatic carbocycles. The Morgan fingerprint density at radius 3 is 2.80 bits per heavy atom. The van der Waals surface area contributed by atoms with Crippen molar-refractivity contribution in [2.75, 3.05) is 19.6 Å². The summed E-state index contributed by atoms with van der Waals surface area (Å²) in [6, 6.07) is 12.2. The van der Waals surface area contributed by atoms with Crippen LogP contribution in [0.3, 0.4) is 0 Å². The maximum Gasteiger partial charge on any atom is 0.0246 e. The maximum absolute atomic E-state index is 3.61. The summed E-state index contributed by atoms with van der Waals surface area (Å²) in [6.07, 6.45) is 6.62. The average Bonchev–Trinajstić information content (AvgIpc) is 2.49. The first-order chi connectivity index (χ1) is 9.81. The Morgan fingerprint density at radius 2 is 2.05 bits per heavy atom. The fourth-order valence-corrected chi connectivity index (χ4v) is 3.45. The Bertz CT molecular complexity index is 363. The van der Waals surface area contributed by atoms with Crippen LogP contribution in [-0.4, -0.2) is 36.6 Å². The van der Waals surface area contributed by atoms with E-state index in [9.17, 15) is 0 Å². The van der Waals surface area contributed by atoms with Crippen molar-refractivity contribution in [1.29, 1.82) is 0 Å². The van der Waals surface area contributed by atoms with Gasteiger partial charge in [0.2, 0.25) is 0 Å². The molecule has 0 bridgehead atoms. The molecule has 1 heterocycles. The van der Waals surface area contributed by atoms with Crippen LogP contribution in [0.25, 0.3) is 0 Å². The van der Waals surface area contributed by atoms with E-state index in [1.54, 1.807) is 0 Å². The highest BCUT2D eigenvalue weighted by Crippen LogP contribution is 2.20. The lowest BCUT2D eigenvalue weighted by atomic mass is 9.96.